The molecule has 0 spiro atoms. The molecule has 1 amide bonds. The van der Waals surface area contributed by atoms with Crippen LogP contribution in [-0.2, 0) is 19.1 Å². The van der Waals surface area contributed by atoms with E-state index in [1.807, 2.05) is 0 Å². The maximum atomic E-state index is 11.4. The Hall–Kier alpha value is -1.04. The minimum atomic E-state index is -0.598. The number of ether oxygens (including phenoxy) is 1. The molecule has 0 aromatic rings. The molecular formula is C9H15NO4S. The van der Waals surface area contributed by atoms with Gasteiger partial charge in [-0.1, -0.05) is 11.8 Å². The summed E-state index contributed by atoms with van der Waals surface area (Å²) in [5, 5.41) is 1.63. The van der Waals surface area contributed by atoms with Crippen LogP contribution in [0.2, 0.25) is 0 Å². The van der Waals surface area contributed by atoms with Crippen LogP contribution in [0.4, 0.5) is 0 Å². The Kier molecular flexibility index (Phi) is 6.00. The molecule has 5 nitrogen and oxygen atoms in total. The van der Waals surface area contributed by atoms with Crippen LogP contribution in [-0.4, -0.2) is 35.4 Å². The fourth-order valence-electron chi connectivity index (χ4n) is 0.854. The molecule has 86 valence electrons. The van der Waals surface area contributed by atoms with E-state index in [2.05, 4.69) is 10.1 Å². The van der Waals surface area contributed by atoms with E-state index in [0.717, 1.165) is 11.8 Å². The Labute approximate surface area is 92.9 Å². The summed E-state index contributed by atoms with van der Waals surface area (Å²) in [5.74, 6) is -0.731. The van der Waals surface area contributed by atoms with Crippen molar-refractivity contribution in [2.75, 3.05) is 7.11 Å². The van der Waals surface area contributed by atoms with Gasteiger partial charge < -0.3 is 10.1 Å². The average molecular weight is 233 g/mol. The summed E-state index contributed by atoms with van der Waals surface area (Å²) in [6, 6.07) is -0.598. The first-order valence-corrected chi connectivity index (χ1v) is 5.31. The number of carbonyl (C=O) groups is 3. The fraction of sp³-hybridized carbons (Fsp3) is 0.667. The molecule has 0 aromatic carbocycles. The monoisotopic (exact) mass is 233 g/mol. The molecule has 0 heterocycles. The first-order chi connectivity index (χ1) is 6.88. The third-order valence-electron chi connectivity index (χ3n) is 1.60. The number of nitrogens with one attached hydrogen (secondary N) is 1. The summed E-state index contributed by atoms with van der Waals surface area (Å²) in [6.45, 7) is 4.48. The van der Waals surface area contributed by atoms with Crippen molar-refractivity contribution in [3.63, 3.8) is 0 Å². The van der Waals surface area contributed by atoms with Crippen LogP contribution in [0.3, 0.4) is 0 Å². The molecule has 0 saturated carbocycles. The number of esters is 1. The van der Waals surface area contributed by atoms with Crippen molar-refractivity contribution in [2.45, 2.75) is 32.1 Å². The lowest BCUT2D eigenvalue weighted by molar-refractivity contribution is -0.139. The highest BCUT2D eigenvalue weighted by Gasteiger charge is 2.22. The van der Waals surface area contributed by atoms with Gasteiger partial charge >= 0.3 is 5.97 Å². The molecule has 0 fully saturated rings. The molecule has 0 aromatic heterocycles. The van der Waals surface area contributed by atoms with Gasteiger partial charge in [0.05, 0.1) is 13.2 Å². The Bertz CT molecular complexity index is 267. The standard InChI is InChI=1S/C9H15NO4S/c1-5(10-7(3)11)9(13)15-6(2)8(12)14-4/h5-6H,1-4H3,(H,10,11)/t5-,6-/m1/s1. The predicted molar refractivity (Wildman–Crippen MR) is 57.4 cm³/mol. The Morgan fingerprint density at radius 1 is 1.27 bits per heavy atom. The number of thioether (sulfide) groups is 1. The van der Waals surface area contributed by atoms with E-state index >= 15 is 0 Å². The lowest BCUT2D eigenvalue weighted by Crippen LogP contribution is -2.36. The third kappa shape index (κ3) is 5.41. The topological polar surface area (TPSA) is 72.5 Å². The second kappa shape index (κ2) is 6.44. The third-order valence-corrected chi connectivity index (χ3v) is 2.73. The quantitative estimate of drug-likeness (QED) is 0.708. The van der Waals surface area contributed by atoms with Crippen LogP contribution in [0, 0.1) is 0 Å². The highest BCUT2D eigenvalue weighted by atomic mass is 32.2. The zero-order valence-electron chi connectivity index (χ0n) is 9.20. The lowest BCUT2D eigenvalue weighted by Gasteiger charge is -2.13. The minimum Gasteiger partial charge on any atom is -0.468 e. The molecule has 0 unspecified atom stereocenters. The first kappa shape index (κ1) is 14.0. The number of amides is 1. The first-order valence-electron chi connectivity index (χ1n) is 4.44. The Morgan fingerprint density at radius 2 is 1.80 bits per heavy atom. The van der Waals surface area contributed by atoms with Gasteiger partial charge in [-0.05, 0) is 13.8 Å². The van der Waals surface area contributed by atoms with Gasteiger partial charge in [-0.15, -0.1) is 0 Å². The number of methoxy groups -OCH3 is 1. The molecule has 0 rings (SSSR count). The van der Waals surface area contributed by atoms with Gasteiger partial charge in [0.25, 0.3) is 0 Å². The van der Waals surface area contributed by atoms with Gasteiger partial charge in [0, 0.05) is 6.92 Å². The molecular weight excluding hydrogens is 218 g/mol. The molecule has 0 aliphatic heterocycles. The van der Waals surface area contributed by atoms with Gasteiger partial charge in [-0.3, -0.25) is 14.4 Å². The summed E-state index contributed by atoms with van der Waals surface area (Å²) in [4.78, 5) is 33.1. The Balaban J connectivity index is 4.12. The average Bonchev–Trinajstić information content (AvgIpc) is 2.15. The summed E-state index contributed by atoms with van der Waals surface area (Å²) >= 11 is 0.854. The van der Waals surface area contributed by atoms with Crippen LogP contribution in [0.25, 0.3) is 0 Å². The van der Waals surface area contributed by atoms with E-state index in [4.69, 9.17) is 0 Å². The van der Waals surface area contributed by atoms with Crippen LogP contribution < -0.4 is 5.32 Å². The van der Waals surface area contributed by atoms with Gasteiger partial charge in [0.1, 0.15) is 5.25 Å². The van der Waals surface area contributed by atoms with Crippen LogP contribution in [0.15, 0.2) is 0 Å². The maximum absolute atomic E-state index is 11.4. The van der Waals surface area contributed by atoms with Crippen molar-refractivity contribution in [3.8, 4) is 0 Å². The van der Waals surface area contributed by atoms with Crippen LogP contribution in [0.1, 0.15) is 20.8 Å². The van der Waals surface area contributed by atoms with E-state index < -0.39 is 17.3 Å². The van der Waals surface area contributed by atoms with Crippen LogP contribution >= 0.6 is 11.8 Å². The number of hydrogen-bond acceptors (Lipinski definition) is 5. The van der Waals surface area contributed by atoms with Crippen molar-refractivity contribution in [2.24, 2.45) is 0 Å². The summed E-state index contributed by atoms with van der Waals surface area (Å²) < 4.78 is 4.47. The smallest absolute Gasteiger partial charge is 0.318 e. The summed E-state index contributed by atoms with van der Waals surface area (Å²) in [5.41, 5.74) is 0. The molecule has 0 saturated heterocycles. The molecule has 0 radical (unpaired) electrons. The minimum absolute atomic E-state index is 0.261. The van der Waals surface area contributed by atoms with Crippen molar-refractivity contribution >= 4 is 28.8 Å². The van der Waals surface area contributed by atoms with E-state index in [1.54, 1.807) is 13.8 Å². The number of rotatable bonds is 4. The van der Waals surface area contributed by atoms with E-state index in [-0.39, 0.29) is 11.0 Å². The van der Waals surface area contributed by atoms with E-state index in [0.29, 0.717) is 0 Å². The molecule has 1 N–H and O–H groups in total. The molecule has 15 heavy (non-hydrogen) atoms. The second-order valence-corrected chi connectivity index (χ2v) is 4.37. The molecule has 0 aliphatic rings. The highest BCUT2D eigenvalue weighted by Crippen LogP contribution is 2.14. The molecule has 2 atom stereocenters. The zero-order chi connectivity index (χ0) is 12.0. The number of carbonyl (C=O) groups excluding carboxylic acids is 3. The second-order valence-electron chi connectivity index (χ2n) is 3.02. The van der Waals surface area contributed by atoms with Gasteiger partial charge in [-0.2, -0.15) is 0 Å². The largest absolute Gasteiger partial charge is 0.468 e. The molecule has 0 bridgehead atoms. The maximum Gasteiger partial charge on any atom is 0.318 e. The summed E-state index contributed by atoms with van der Waals surface area (Å²) in [7, 11) is 1.26. The normalized spacial score (nSPS) is 13.9. The van der Waals surface area contributed by atoms with Crippen molar-refractivity contribution < 1.29 is 19.1 Å². The van der Waals surface area contributed by atoms with Crippen molar-refractivity contribution in [3.05, 3.63) is 0 Å². The summed E-state index contributed by atoms with van der Waals surface area (Å²) in [6.07, 6.45) is 0. The molecule has 0 aliphatic carbocycles. The van der Waals surface area contributed by atoms with Gasteiger partial charge in [0.15, 0.2) is 0 Å². The SMILES string of the molecule is COC(=O)[C@@H](C)SC(=O)[C@@H](C)NC(C)=O. The van der Waals surface area contributed by atoms with Crippen LogP contribution in [0.5, 0.6) is 0 Å². The van der Waals surface area contributed by atoms with E-state index in [9.17, 15) is 14.4 Å². The highest BCUT2D eigenvalue weighted by molar-refractivity contribution is 8.14. The van der Waals surface area contributed by atoms with E-state index in [1.165, 1.54) is 14.0 Å². The fourth-order valence-corrected chi connectivity index (χ4v) is 1.66. The molecule has 6 heteroatoms. The number of hydrogen-bond donors (Lipinski definition) is 1. The zero-order valence-corrected chi connectivity index (χ0v) is 10.0. The van der Waals surface area contributed by atoms with Crippen molar-refractivity contribution in [1.29, 1.82) is 0 Å². The lowest BCUT2D eigenvalue weighted by atomic mass is 10.4. The Morgan fingerprint density at radius 3 is 2.20 bits per heavy atom. The van der Waals surface area contributed by atoms with Gasteiger partial charge in [-0.25, -0.2) is 0 Å². The van der Waals surface area contributed by atoms with Gasteiger partial charge in [0.2, 0.25) is 11.0 Å². The van der Waals surface area contributed by atoms with Crippen molar-refractivity contribution in [1.82, 2.24) is 5.32 Å². The predicted octanol–water partition coefficient (Wildman–Crippen LogP) is 0.332.